The van der Waals surface area contributed by atoms with Crippen molar-refractivity contribution in [3.05, 3.63) is 69.5 Å². The molecule has 0 spiro atoms. The maximum absolute atomic E-state index is 12.4. The van der Waals surface area contributed by atoms with Crippen molar-refractivity contribution in [1.29, 1.82) is 0 Å². The highest BCUT2D eigenvalue weighted by molar-refractivity contribution is 6.30. The minimum atomic E-state index is -1.67. The van der Waals surface area contributed by atoms with E-state index in [0.29, 0.717) is 36.6 Å². The van der Waals surface area contributed by atoms with Crippen LogP contribution in [0.4, 0.5) is 0 Å². The molecule has 2 aromatic rings. The van der Waals surface area contributed by atoms with Crippen molar-refractivity contribution in [2.75, 3.05) is 13.2 Å². The van der Waals surface area contributed by atoms with Gasteiger partial charge in [-0.2, -0.15) is 0 Å². The minimum Gasteiger partial charge on any atom is -0.506 e. The summed E-state index contributed by atoms with van der Waals surface area (Å²) in [6.45, 7) is 5.20. The zero-order valence-electron chi connectivity index (χ0n) is 33.4. The lowest BCUT2D eigenvalue weighted by Crippen LogP contribution is -2.76. The zero-order valence-corrected chi connectivity index (χ0v) is 34.1. The third kappa shape index (κ3) is 6.67. The molecule has 15 nitrogen and oxygen atoms in total. The van der Waals surface area contributed by atoms with Crippen molar-refractivity contribution in [2.24, 2.45) is 28.6 Å². The number of aromatic hydroxyl groups is 1. The number of carbonyl (C=O) groups excluding carboxylic acids is 1. The number of benzene rings is 1. The van der Waals surface area contributed by atoms with E-state index in [1.165, 1.54) is 13.0 Å². The number of hydrogen-bond acceptors (Lipinski definition) is 15. The molecule has 1 aromatic heterocycles. The minimum absolute atomic E-state index is 0.0369. The Hall–Kier alpha value is -2.77. The maximum Gasteiger partial charge on any atom is 0.331 e. The summed E-state index contributed by atoms with van der Waals surface area (Å²) in [7, 11) is 0. The molecule has 1 aromatic carbocycles. The first-order valence-electron chi connectivity index (χ1n) is 20.6. The number of pyridine rings is 1. The summed E-state index contributed by atoms with van der Waals surface area (Å²) in [5, 5.41) is 100. The SMILES string of the molecule is C[C@@H]1O[C@@H](O[C@H]2C[C@@H](O)[C@]3(CO)[C@H]4[C@H](O)C[C@]5(C)[C@@H](C6=CC(=O)OC6)CC[C@]5(O)[C@@H]4CC[C@]3(O)C2)[C@H](O)[C@H](O)[C@H]1O.Cc1ncc2c(c1O)COC2c1ccc(Cl)cc1. The van der Waals surface area contributed by atoms with Crippen LogP contribution in [0.2, 0.25) is 5.02 Å². The molecule has 9 rings (SSSR count). The fourth-order valence-corrected chi connectivity index (χ4v) is 12.4. The quantitative estimate of drug-likeness (QED) is 0.154. The van der Waals surface area contributed by atoms with Gasteiger partial charge in [0.1, 0.15) is 36.8 Å². The molecule has 0 bridgehead atoms. The van der Waals surface area contributed by atoms with Crippen molar-refractivity contribution in [3.63, 3.8) is 0 Å². The number of fused-ring (bicyclic) bond motifs is 6. The fourth-order valence-electron chi connectivity index (χ4n) is 12.3. The summed E-state index contributed by atoms with van der Waals surface area (Å²) in [6, 6.07) is 7.53. The molecule has 7 aliphatic rings. The van der Waals surface area contributed by atoms with E-state index < -0.39 is 95.5 Å². The molecule has 324 valence electrons. The number of ether oxygens (including phenoxy) is 4. The van der Waals surface area contributed by atoms with Crippen molar-refractivity contribution in [2.45, 2.75) is 139 Å². The average molecular weight is 846 g/mol. The molecule has 4 aliphatic carbocycles. The highest BCUT2D eigenvalue weighted by atomic mass is 35.5. The van der Waals surface area contributed by atoms with Crippen molar-refractivity contribution >= 4 is 17.6 Å². The predicted molar refractivity (Wildman–Crippen MR) is 207 cm³/mol. The van der Waals surface area contributed by atoms with Gasteiger partial charge in [0.15, 0.2) is 6.29 Å². The van der Waals surface area contributed by atoms with Crippen LogP contribution in [0.15, 0.2) is 42.1 Å². The lowest BCUT2D eigenvalue weighted by atomic mass is 9.40. The van der Waals surface area contributed by atoms with Gasteiger partial charge in [0, 0.05) is 52.6 Å². The summed E-state index contributed by atoms with van der Waals surface area (Å²) in [5.41, 5.74) is -1.05. The van der Waals surface area contributed by atoms with Gasteiger partial charge < -0.3 is 64.9 Å². The van der Waals surface area contributed by atoms with Crippen molar-refractivity contribution in [1.82, 2.24) is 4.98 Å². The second kappa shape index (κ2) is 15.5. The van der Waals surface area contributed by atoms with Gasteiger partial charge in [-0.25, -0.2) is 4.79 Å². The Balaban J connectivity index is 0.000000223. The number of rotatable bonds is 5. The van der Waals surface area contributed by atoms with Crippen molar-refractivity contribution < 1.29 is 69.7 Å². The molecule has 3 aliphatic heterocycles. The van der Waals surface area contributed by atoms with Crippen LogP contribution in [0, 0.1) is 35.5 Å². The first kappa shape index (κ1) is 42.9. The van der Waals surface area contributed by atoms with E-state index in [0.717, 1.165) is 22.3 Å². The molecule has 4 saturated carbocycles. The fraction of sp³-hybridized carbons (Fsp3) is 0.674. The Bertz CT molecular complexity index is 1950. The topological polar surface area (TPSA) is 249 Å². The third-order valence-corrected chi connectivity index (χ3v) is 15.6. The van der Waals surface area contributed by atoms with Gasteiger partial charge >= 0.3 is 5.97 Å². The number of esters is 1. The lowest BCUT2D eigenvalue weighted by Gasteiger charge is -2.68. The highest BCUT2D eigenvalue weighted by Gasteiger charge is 2.75. The number of cyclic esters (lactones) is 1. The monoisotopic (exact) mass is 845 g/mol. The molecule has 0 radical (unpaired) electrons. The van der Waals surface area contributed by atoms with E-state index in [1.54, 1.807) is 13.1 Å². The molecule has 5 fully saturated rings. The lowest BCUT2D eigenvalue weighted by molar-refractivity contribution is -0.342. The largest absolute Gasteiger partial charge is 0.506 e. The van der Waals surface area contributed by atoms with Gasteiger partial charge in [-0.05, 0) is 81.1 Å². The van der Waals surface area contributed by atoms with E-state index >= 15 is 0 Å². The first-order valence-corrected chi connectivity index (χ1v) is 21.0. The number of aliphatic hydroxyl groups excluding tert-OH is 6. The van der Waals surface area contributed by atoms with Crippen LogP contribution in [0.1, 0.15) is 87.3 Å². The number of nitrogens with zero attached hydrogens (tertiary/aromatic N) is 1. The molecule has 59 heavy (non-hydrogen) atoms. The van der Waals surface area contributed by atoms with Crippen molar-refractivity contribution in [3.8, 4) is 5.75 Å². The van der Waals surface area contributed by atoms with Gasteiger partial charge in [0.05, 0.1) is 59.9 Å². The maximum atomic E-state index is 12.4. The summed E-state index contributed by atoms with van der Waals surface area (Å²) in [5.74, 6) is -1.69. The van der Waals surface area contributed by atoms with Crippen LogP contribution in [-0.4, -0.2) is 130 Å². The number of halogens is 1. The molecule has 9 N–H and O–H groups in total. The van der Waals surface area contributed by atoms with Gasteiger partial charge in [-0.1, -0.05) is 30.7 Å². The smallest absolute Gasteiger partial charge is 0.331 e. The van der Waals surface area contributed by atoms with Gasteiger partial charge in [0.25, 0.3) is 0 Å². The Labute approximate surface area is 347 Å². The van der Waals surface area contributed by atoms with Crippen LogP contribution in [-0.2, 0) is 30.3 Å². The molecule has 1 unspecified atom stereocenters. The third-order valence-electron chi connectivity index (χ3n) is 15.4. The molecule has 4 heterocycles. The zero-order chi connectivity index (χ0) is 42.4. The van der Waals surface area contributed by atoms with E-state index in [4.69, 9.17) is 30.5 Å². The Morgan fingerprint density at radius 3 is 2.39 bits per heavy atom. The number of aliphatic hydroxyl groups is 8. The second-order valence-electron chi connectivity index (χ2n) is 18.2. The van der Waals surface area contributed by atoms with Gasteiger partial charge in [0.2, 0.25) is 0 Å². The number of carbonyl (C=O) groups is 1. The first-order chi connectivity index (χ1) is 27.9. The second-order valence-corrected chi connectivity index (χ2v) is 18.6. The molecule has 1 saturated heterocycles. The number of hydrogen-bond donors (Lipinski definition) is 9. The number of aromatic nitrogens is 1. The summed E-state index contributed by atoms with van der Waals surface area (Å²) in [6.07, 6.45) is -5.08. The highest BCUT2D eigenvalue weighted by Crippen LogP contribution is 2.70. The van der Waals surface area contributed by atoms with E-state index in [1.807, 2.05) is 31.2 Å². The molecule has 16 heteroatoms. The van der Waals surface area contributed by atoms with E-state index in [9.17, 15) is 50.8 Å². The average Bonchev–Trinajstić information content (AvgIpc) is 3.90. The molecular formula is C43H56ClNO14. The normalized spacial score (nSPS) is 44.9. The van der Waals surface area contributed by atoms with Crippen LogP contribution in [0.25, 0.3) is 0 Å². The van der Waals surface area contributed by atoms with Crippen LogP contribution < -0.4 is 0 Å². The Morgan fingerprint density at radius 2 is 1.71 bits per heavy atom. The summed E-state index contributed by atoms with van der Waals surface area (Å²) in [4.78, 5) is 16.0. The van der Waals surface area contributed by atoms with Crippen LogP contribution in [0.5, 0.6) is 5.75 Å². The van der Waals surface area contributed by atoms with Crippen LogP contribution >= 0.6 is 11.6 Å². The molecule has 0 amide bonds. The molecule has 16 atom stereocenters. The standard InChI is InChI=1S/C29H44O12.C14H12ClNO2/c1-13-22(34)23(35)24(36)25(40-13)41-15-8-19(32)28(12-30)21-17(3-5-27(28,37)9-15)29(38)6-4-16(14-7-20(33)39-11-14)26(29,2)10-18(21)31;1-8-13(17)12-7-18-14(11(12)6-16-8)9-2-4-10(15)5-3-9/h7,13,15-19,21-25,30-32,34-38H,3-6,8-12H2,1-2H3;2-6,14,17H,7H2,1H3/t13-,15-,16+,17+,18+,19+,21+,22-,23+,24+,25-,26+,27-,28+,29-;/m0./s1. The molecular weight excluding hydrogens is 790 g/mol. The van der Waals surface area contributed by atoms with Gasteiger partial charge in [-0.3, -0.25) is 4.98 Å². The van der Waals surface area contributed by atoms with Gasteiger partial charge in [-0.15, -0.1) is 0 Å². The Morgan fingerprint density at radius 1 is 0.983 bits per heavy atom. The van der Waals surface area contributed by atoms with E-state index in [-0.39, 0.29) is 50.1 Å². The van der Waals surface area contributed by atoms with Crippen LogP contribution in [0.3, 0.4) is 0 Å². The number of aryl methyl sites for hydroxylation is 1. The summed E-state index contributed by atoms with van der Waals surface area (Å²) >= 11 is 5.87. The predicted octanol–water partition coefficient (Wildman–Crippen LogP) is 1.85. The van der Waals surface area contributed by atoms with E-state index in [2.05, 4.69) is 4.98 Å². The summed E-state index contributed by atoms with van der Waals surface area (Å²) < 4.78 is 22.4. The Kier molecular flexibility index (Phi) is 11.3.